The molecule has 1 fully saturated rings. The summed E-state index contributed by atoms with van der Waals surface area (Å²) in [6.07, 6.45) is -5.66. The summed E-state index contributed by atoms with van der Waals surface area (Å²) in [5.74, 6) is -0.807. The van der Waals surface area contributed by atoms with E-state index in [1.807, 2.05) is 0 Å². The van der Waals surface area contributed by atoms with Crippen molar-refractivity contribution in [1.82, 2.24) is 19.3 Å². The van der Waals surface area contributed by atoms with Crippen LogP contribution in [0.2, 0.25) is 0 Å². The number of aromatic nitrogens is 4. The molecule has 0 amide bonds. The molecule has 16 heteroatoms. The summed E-state index contributed by atoms with van der Waals surface area (Å²) in [5, 5.41) is 28.9. The topological polar surface area (TPSA) is 171 Å². The van der Waals surface area contributed by atoms with Gasteiger partial charge in [-0.1, -0.05) is 4.48 Å². The van der Waals surface area contributed by atoms with Gasteiger partial charge in [0.25, 0.3) is 0 Å². The van der Waals surface area contributed by atoms with Gasteiger partial charge in [-0.15, -0.1) is 9.35 Å². The highest BCUT2D eigenvalue weighted by Gasteiger charge is 2.52. The number of imidazole rings is 1. The van der Waals surface area contributed by atoms with Crippen molar-refractivity contribution in [2.45, 2.75) is 24.5 Å². The third kappa shape index (κ3) is 1.86. The molecular weight excluding hydrogens is 384 g/mol. The van der Waals surface area contributed by atoms with Gasteiger partial charge in [0.1, 0.15) is 18.3 Å². The number of anilines is 1. The molecule has 0 saturated carbocycles. The fourth-order valence-corrected chi connectivity index (χ4v) is 4.00. The van der Waals surface area contributed by atoms with Crippen LogP contribution in [0.15, 0.2) is 4.79 Å². The SMILES string of the molecule is O=c1nc2n3c4c1nc(n4C1OC(CO)C(O)C1O)OP(=O)(ON2F)O3. The molecule has 2 aromatic rings. The molecule has 1 saturated heterocycles. The highest BCUT2D eigenvalue weighted by Crippen LogP contribution is 2.54. The monoisotopic (exact) mass is 393 g/mol. The second-order valence-corrected chi connectivity index (χ2v) is 7.03. The Morgan fingerprint density at radius 1 is 1.23 bits per heavy atom. The summed E-state index contributed by atoms with van der Waals surface area (Å²) in [6, 6.07) is -0.559. The van der Waals surface area contributed by atoms with Gasteiger partial charge in [-0.2, -0.15) is 9.97 Å². The van der Waals surface area contributed by atoms with Crippen LogP contribution in [0.1, 0.15) is 6.23 Å². The van der Waals surface area contributed by atoms with Crippen molar-refractivity contribution in [2.75, 3.05) is 11.9 Å². The maximum Gasteiger partial charge on any atom is 0.634 e. The lowest BCUT2D eigenvalue weighted by Gasteiger charge is -2.25. The Balaban J connectivity index is 1.82. The molecule has 3 N–H and O–H groups in total. The van der Waals surface area contributed by atoms with E-state index in [2.05, 4.69) is 14.6 Å². The molecule has 0 spiro atoms. The minimum atomic E-state index is -4.56. The molecule has 3 aliphatic heterocycles. The molecule has 140 valence electrons. The highest BCUT2D eigenvalue weighted by molar-refractivity contribution is 7.49. The molecule has 14 nitrogen and oxygen atoms in total. The molecule has 5 unspecified atom stereocenters. The number of rotatable bonds is 2. The Morgan fingerprint density at radius 3 is 2.69 bits per heavy atom. The van der Waals surface area contributed by atoms with Gasteiger partial charge in [0.15, 0.2) is 17.4 Å². The number of hydrogen-bond donors (Lipinski definition) is 3. The smallest absolute Gasteiger partial charge is 0.394 e. The number of nitrogens with zero attached hydrogens (tertiary/aromatic N) is 5. The number of ether oxygens (including phenoxy) is 1. The molecule has 0 radical (unpaired) electrons. The van der Waals surface area contributed by atoms with Crippen LogP contribution in [0, 0.1) is 0 Å². The third-order valence-corrected chi connectivity index (χ3v) is 5.20. The Labute approximate surface area is 141 Å². The van der Waals surface area contributed by atoms with Crippen LogP contribution in [0.3, 0.4) is 0 Å². The van der Waals surface area contributed by atoms with E-state index in [4.69, 9.17) is 13.9 Å². The van der Waals surface area contributed by atoms with Crippen molar-refractivity contribution in [3.63, 3.8) is 0 Å². The second kappa shape index (κ2) is 4.91. The average Bonchev–Trinajstić information content (AvgIpc) is 3.04. The standard InChI is InChI=1S/C10H9FN5O9P/c11-16-9-13-6(20)3-7-14(8-5(19)4(18)2(1-17)22-8)10(12-3)23-26(21,25-16)24-15(7)9/h2,4-5,8,17-19H,1H2. The highest BCUT2D eigenvalue weighted by atomic mass is 31.2. The van der Waals surface area contributed by atoms with Crippen LogP contribution in [0.5, 0.6) is 6.01 Å². The summed E-state index contributed by atoms with van der Waals surface area (Å²) < 4.78 is 47.6. The van der Waals surface area contributed by atoms with Gasteiger partial charge in [0, 0.05) is 0 Å². The van der Waals surface area contributed by atoms with Gasteiger partial charge in [-0.05, 0) is 5.29 Å². The Morgan fingerprint density at radius 2 is 2.00 bits per heavy atom. The number of phosphoric acid groups is 1. The Kier molecular flexibility index (Phi) is 3.00. The van der Waals surface area contributed by atoms with E-state index in [1.54, 1.807) is 0 Å². The van der Waals surface area contributed by atoms with Crippen molar-refractivity contribution in [1.29, 1.82) is 0 Å². The van der Waals surface area contributed by atoms with Crippen LogP contribution in [0.4, 0.5) is 10.4 Å². The van der Waals surface area contributed by atoms with Crippen LogP contribution in [-0.4, -0.2) is 59.5 Å². The molecule has 26 heavy (non-hydrogen) atoms. The van der Waals surface area contributed by atoms with Gasteiger partial charge in [0.2, 0.25) is 0 Å². The van der Waals surface area contributed by atoms with E-state index < -0.39 is 61.8 Å². The first-order chi connectivity index (χ1) is 12.3. The van der Waals surface area contributed by atoms with E-state index in [1.165, 1.54) is 0 Å². The largest absolute Gasteiger partial charge is 0.634 e. The first-order valence-corrected chi connectivity index (χ1v) is 8.62. The minimum Gasteiger partial charge on any atom is -0.394 e. The predicted octanol–water partition coefficient (Wildman–Crippen LogP) is -2.23. The van der Waals surface area contributed by atoms with Crippen molar-refractivity contribution < 1.29 is 42.9 Å². The zero-order valence-corrected chi connectivity index (χ0v) is 13.3. The maximum atomic E-state index is 14.0. The van der Waals surface area contributed by atoms with Crippen LogP contribution in [-0.2, 0) is 13.9 Å². The lowest BCUT2D eigenvalue weighted by Crippen LogP contribution is -2.34. The first-order valence-electron chi connectivity index (χ1n) is 7.16. The molecule has 0 aliphatic carbocycles. The van der Waals surface area contributed by atoms with Crippen molar-refractivity contribution in [2.24, 2.45) is 0 Å². The average molecular weight is 393 g/mol. The predicted molar refractivity (Wildman–Crippen MR) is 74.3 cm³/mol. The lowest BCUT2D eigenvalue weighted by atomic mass is 10.1. The molecule has 5 heterocycles. The third-order valence-electron chi connectivity index (χ3n) is 4.11. The number of aliphatic hydroxyl groups is 3. The van der Waals surface area contributed by atoms with Crippen LogP contribution >= 0.6 is 7.82 Å². The number of hydrogen-bond acceptors (Lipinski definition) is 12. The van der Waals surface area contributed by atoms with Crippen LogP contribution < -0.4 is 20.0 Å². The summed E-state index contributed by atoms with van der Waals surface area (Å²) >= 11 is 0. The van der Waals surface area contributed by atoms with E-state index in [0.717, 1.165) is 4.57 Å². The van der Waals surface area contributed by atoms with E-state index in [0.29, 0.717) is 4.73 Å². The molecule has 4 bridgehead atoms. The van der Waals surface area contributed by atoms with E-state index in [9.17, 15) is 29.2 Å². The summed E-state index contributed by atoms with van der Waals surface area (Å²) in [7, 11) is -4.56. The lowest BCUT2D eigenvalue weighted by molar-refractivity contribution is -0.0529. The quantitative estimate of drug-likeness (QED) is 0.371. The van der Waals surface area contributed by atoms with Crippen molar-refractivity contribution >= 4 is 24.9 Å². The first kappa shape index (κ1) is 15.9. The van der Waals surface area contributed by atoms with Gasteiger partial charge in [-0.3, -0.25) is 9.42 Å². The second-order valence-electron chi connectivity index (χ2n) is 5.62. The van der Waals surface area contributed by atoms with Gasteiger partial charge in [-0.25, -0.2) is 9.13 Å². The summed E-state index contributed by atoms with van der Waals surface area (Å²) in [5.41, 5.74) is -1.65. The minimum absolute atomic E-state index is 0.298. The van der Waals surface area contributed by atoms with Gasteiger partial charge >= 0.3 is 25.3 Å². The van der Waals surface area contributed by atoms with Gasteiger partial charge in [0.05, 0.1) is 6.61 Å². The molecule has 2 aromatic heterocycles. The maximum absolute atomic E-state index is 14.0. The number of fused-ring (bicyclic) bond motifs is 2. The molecule has 5 atom stereocenters. The fourth-order valence-electron chi connectivity index (χ4n) is 2.97. The van der Waals surface area contributed by atoms with Crippen LogP contribution in [0.25, 0.3) is 11.2 Å². The Bertz CT molecular complexity index is 1040. The zero-order chi connectivity index (χ0) is 18.4. The van der Waals surface area contributed by atoms with Gasteiger partial charge < -0.3 is 24.6 Å². The molecule has 5 rings (SSSR count). The van der Waals surface area contributed by atoms with Crippen molar-refractivity contribution in [3.05, 3.63) is 10.4 Å². The summed E-state index contributed by atoms with van der Waals surface area (Å²) in [4.78, 5) is 19.3. The summed E-state index contributed by atoms with van der Waals surface area (Å²) in [6.45, 7) is -0.618. The normalized spacial score (nSPS) is 35.0. The van der Waals surface area contributed by atoms with E-state index >= 15 is 0 Å². The molecule has 3 aliphatic rings. The molecule has 0 aromatic carbocycles. The number of aliphatic hydroxyl groups excluding tert-OH is 3. The Hall–Kier alpha value is -2.29. The number of halogens is 1. The molecular formula is C10H9FN5O9P. The van der Waals surface area contributed by atoms with Crippen molar-refractivity contribution in [3.8, 4) is 6.01 Å². The van der Waals surface area contributed by atoms with E-state index in [-0.39, 0.29) is 11.2 Å². The zero-order valence-electron chi connectivity index (χ0n) is 12.4. The fraction of sp³-hybridized carbons (Fsp3) is 0.500.